The fourth-order valence-corrected chi connectivity index (χ4v) is 3.92. The van der Waals surface area contributed by atoms with Gasteiger partial charge in [0.15, 0.2) is 0 Å². The summed E-state index contributed by atoms with van der Waals surface area (Å²) in [6.07, 6.45) is 0. The van der Waals surface area contributed by atoms with Gasteiger partial charge in [-0.1, -0.05) is 121 Å². The van der Waals surface area contributed by atoms with Crippen LogP contribution >= 0.6 is 18.5 Å². The summed E-state index contributed by atoms with van der Waals surface area (Å²) in [4.78, 5) is 0. The maximum atomic E-state index is 2.89. The molecule has 0 nitrogen and oxygen atoms in total. The fraction of sp³-hybridized carbons (Fsp3) is 0.143. The first-order chi connectivity index (χ1) is 15.2. The molecule has 4 aromatic carbocycles. The summed E-state index contributed by atoms with van der Waals surface area (Å²) in [7, 11) is 5.77. The fourth-order valence-electron chi connectivity index (χ4n) is 3.03. The van der Waals surface area contributed by atoms with Crippen LogP contribution in [-0.2, 0) is 18.0 Å². The molecule has 0 saturated carbocycles. The minimum atomic E-state index is 0.400. The normalized spacial score (nSPS) is 10.1. The molecule has 0 amide bonds. The average Bonchev–Trinajstić information content (AvgIpc) is 2.86. The van der Waals surface area contributed by atoms with Gasteiger partial charge in [-0.15, -0.1) is 18.5 Å². The zero-order chi connectivity index (χ0) is 22.3. The van der Waals surface area contributed by atoms with Gasteiger partial charge in [0.2, 0.25) is 0 Å². The van der Waals surface area contributed by atoms with Gasteiger partial charge in [0.1, 0.15) is 0 Å². The summed E-state index contributed by atoms with van der Waals surface area (Å²) in [5, 5.41) is 4.35. The first-order valence-corrected chi connectivity index (χ1v) is 14.5. The molecule has 0 spiro atoms. The predicted molar refractivity (Wildman–Crippen MR) is 141 cm³/mol. The molecule has 0 bridgehead atoms. The van der Waals surface area contributed by atoms with Gasteiger partial charge in [0.05, 0.1) is 0 Å². The second-order valence-electron chi connectivity index (χ2n) is 6.91. The molecule has 0 N–H and O–H groups in total. The van der Waals surface area contributed by atoms with Crippen molar-refractivity contribution in [1.82, 2.24) is 0 Å². The topological polar surface area (TPSA) is 0 Å². The molecule has 4 rings (SSSR count). The number of hydrogen-bond acceptors (Lipinski definition) is 0. The zero-order valence-corrected chi connectivity index (χ0v) is 22.0. The van der Waals surface area contributed by atoms with Crippen LogP contribution in [0.2, 0.25) is 10.8 Å². The van der Waals surface area contributed by atoms with Crippen molar-refractivity contribution in [3.63, 3.8) is 0 Å². The van der Waals surface area contributed by atoms with Crippen molar-refractivity contribution in [2.24, 2.45) is 0 Å². The van der Waals surface area contributed by atoms with Crippen molar-refractivity contribution in [3.05, 3.63) is 144 Å². The molecule has 3 heteroatoms. The van der Waals surface area contributed by atoms with E-state index in [4.69, 9.17) is 0 Å². The zero-order valence-electron chi connectivity index (χ0n) is 18.2. The minimum absolute atomic E-state index is 0.400. The Bertz CT molecular complexity index is 785. The van der Waals surface area contributed by atoms with Gasteiger partial charge in [0, 0.05) is 11.3 Å². The summed E-state index contributed by atoms with van der Waals surface area (Å²) < 4.78 is 0. The molecule has 0 aromatic heterocycles. The van der Waals surface area contributed by atoms with Gasteiger partial charge < -0.3 is 0 Å². The molecule has 0 fully saturated rings. The van der Waals surface area contributed by atoms with Crippen LogP contribution in [0.3, 0.4) is 0 Å². The Morgan fingerprint density at radius 2 is 0.581 bits per heavy atom. The Morgan fingerprint density at radius 3 is 0.742 bits per heavy atom. The standard InChI is InChI=1S/2C13H13P.2CH3.Pd/c2*14-13(11-7-3-1-4-8-11)12-9-5-2-6-10-12;;;/h2*1-10,13H,14H2;2*1H3;. The van der Waals surface area contributed by atoms with E-state index in [1.807, 2.05) is 24.3 Å². The van der Waals surface area contributed by atoms with Crippen LogP contribution in [0.25, 0.3) is 0 Å². The van der Waals surface area contributed by atoms with Crippen molar-refractivity contribution in [2.45, 2.75) is 22.1 Å². The Labute approximate surface area is 201 Å². The molecule has 2 unspecified atom stereocenters. The third kappa shape index (κ3) is 9.20. The third-order valence-corrected chi connectivity index (χ3v) is 6.17. The van der Waals surface area contributed by atoms with E-state index in [9.17, 15) is 0 Å². The summed E-state index contributed by atoms with van der Waals surface area (Å²) in [6, 6.07) is 42.1. The average molecular weight is 537 g/mol. The first-order valence-electron chi connectivity index (χ1n) is 10.1. The van der Waals surface area contributed by atoms with Crippen molar-refractivity contribution >= 4 is 18.5 Å². The molecule has 2 atom stereocenters. The summed E-state index contributed by atoms with van der Waals surface area (Å²) in [5.74, 6) is 0. The van der Waals surface area contributed by atoms with Gasteiger partial charge in [0.25, 0.3) is 0 Å². The molecule has 0 aliphatic carbocycles. The van der Waals surface area contributed by atoms with Gasteiger partial charge in [-0.3, -0.25) is 0 Å². The van der Waals surface area contributed by atoms with Crippen LogP contribution in [0, 0.1) is 0 Å². The van der Waals surface area contributed by atoms with Crippen LogP contribution < -0.4 is 0 Å². The molecule has 0 heterocycles. The molecule has 0 aliphatic rings. The van der Waals surface area contributed by atoms with Crippen molar-refractivity contribution < 1.29 is 18.0 Å². The maximum absolute atomic E-state index is 2.89. The molecular weight excluding hydrogens is 505 g/mol. The molecule has 164 valence electrons. The van der Waals surface area contributed by atoms with Crippen molar-refractivity contribution in [3.8, 4) is 0 Å². The quantitative estimate of drug-likeness (QED) is 0.181. The Kier molecular flexibility index (Phi) is 12.6. The first kappa shape index (κ1) is 25.7. The van der Waals surface area contributed by atoms with E-state index in [0.29, 0.717) is 11.3 Å². The van der Waals surface area contributed by atoms with Gasteiger partial charge in [-0.05, 0) is 22.3 Å². The number of benzene rings is 4. The van der Waals surface area contributed by atoms with Gasteiger partial charge >= 0.3 is 28.8 Å². The Morgan fingerprint density at radius 1 is 0.419 bits per heavy atom. The second-order valence-corrected chi connectivity index (χ2v) is 9.80. The van der Waals surface area contributed by atoms with E-state index in [1.165, 1.54) is 22.3 Å². The van der Waals surface area contributed by atoms with Gasteiger partial charge in [-0.2, -0.15) is 0 Å². The van der Waals surface area contributed by atoms with Crippen LogP contribution in [0.15, 0.2) is 121 Å². The molecule has 0 aliphatic heterocycles. The van der Waals surface area contributed by atoms with Crippen LogP contribution in [-0.4, -0.2) is 0 Å². The number of hydrogen-bond donors (Lipinski definition) is 0. The van der Waals surface area contributed by atoms with Crippen LogP contribution in [0.5, 0.6) is 0 Å². The molecule has 0 radical (unpaired) electrons. The molecule has 31 heavy (non-hydrogen) atoms. The second kappa shape index (κ2) is 15.2. The summed E-state index contributed by atoms with van der Waals surface area (Å²) in [6.45, 7) is 0. The van der Waals surface area contributed by atoms with Crippen molar-refractivity contribution in [2.75, 3.05) is 0 Å². The predicted octanol–water partition coefficient (Wildman–Crippen LogP) is 8.47. The van der Waals surface area contributed by atoms with Crippen LogP contribution in [0.4, 0.5) is 0 Å². The van der Waals surface area contributed by atoms with Gasteiger partial charge in [-0.25, -0.2) is 0 Å². The van der Waals surface area contributed by atoms with E-state index in [-0.39, 0.29) is 0 Å². The monoisotopic (exact) mass is 536 g/mol. The van der Waals surface area contributed by atoms with E-state index < -0.39 is 0 Å². The van der Waals surface area contributed by atoms with Crippen molar-refractivity contribution in [1.29, 1.82) is 0 Å². The third-order valence-electron chi connectivity index (χ3n) is 4.63. The van der Waals surface area contributed by atoms with E-state index in [1.54, 1.807) is 0 Å². The van der Waals surface area contributed by atoms with E-state index >= 15 is 0 Å². The molecule has 0 saturated heterocycles. The molecule has 4 aromatic rings. The van der Waals surface area contributed by atoms with Crippen LogP contribution in [0.1, 0.15) is 33.6 Å². The summed E-state index contributed by atoms with van der Waals surface area (Å²) >= 11 is 0.950. The Hall–Kier alpha value is -1.60. The Balaban J connectivity index is 0.000000196. The van der Waals surface area contributed by atoms with E-state index in [0.717, 1.165) is 18.0 Å². The van der Waals surface area contributed by atoms with E-state index in [2.05, 4.69) is 126 Å². The number of rotatable bonds is 4. The SMILES string of the molecule is PC(c1ccccc1)c1ccccc1.PC(c1ccccc1)c1ccccc1.[CH3][Pd][CH3]. The molecular formula is C28H32P2Pd. The summed E-state index contributed by atoms with van der Waals surface area (Å²) in [5.41, 5.74) is 6.15.